The summed E-state index contributed by atoms with van der Waals surface area (Å²) in [5, 5.41) is 2.80. The lowest BCUT2D eigenvalue weighted by Crippen LogP contribution is -2.46. The molecular weight excluding hydrogens is 368 g/mol. The number of para-hydroxylation sites is 1. The summed E-state index contributed by atoms with van der Waals surface area (Å²) in [6.07, 6.45) is 2.82. The van der Waals surface area contributed by atoms with Gasteiger partial charge < -0.3 is 20.7 Å². The van der Waals surface area contributed by atoms with Crippen LogP contribution in [-0.2, 0) is 4.79 Å². The number of amides is 2. The molecule has 9 heteroatoms. The van der Waals surface area contributed by atoms with Gasteiger partial charge in [-0.1, -0.05) is 12.1 Å². The Bertz CT molecular complexity index is 604. The Morgan fingerprint density at radius 2 is 2.04 bits per heavy atom. The number of carbonyl (C=O) groups is 2. The Kier molecular flexibility index (Phi) is 9.29. The topological polar surface area (TPSA) is 84.7 Å². The summed E-state index contributed by atoms with van der Waals surface area (Å²) >= 11 is 0. The van der Waals surface area contributed by atoms with E-state index in [2.05, 4.69) is 10.1 Å². The molecule has 0 saturated carbocycles. The van der Waals surface area contributed by atoms with E-state index in [0.717, 1.165) is 12.8 Å². The molecule has 1 heterocycles. The summed E-state index contributed by atoms with van der Waals surface area (Å²) in [6.45, 7) is -1.55. The SMILES string of the molecule is Cl.NCCCCNC(=O)C1CCCN1C(=O)c1ccccc1OC(F)F. The highest BCUT2D eigenvalue weighted by Crippen LogP contribution is 2.26. The molecule has 0 aromatic heterocycles. The maximum atomic E-state index is 12.7. The maximum Gasteiger partial charge on any atom is 0.387 e. The Hall–Kier alpha value is -1.93. The second-order valence-electron chi connectivity index (χ2n) is 5.82. The van der Waals surface area contributed by atoms with Crippen molar-refractivity contribution in [2.24, 2.45) is 5.73 Å². The van der Waals surface area contributed by atoms with Gasteiger partial charge in [0.15, 0.2) is 0 Å². The first-order valence-electron chi connectivity index (χ1n) is 8.37. The molecular formula is C17H24ClF2N3O3. The van der Waals surface area contributed by atoms with E-state index in [0.29, 0.717) is 32.5 Å². The molecule has 1 unspecified atom stereocenters. The second kappa shape index (κ2) is 10.9. The highest BCUT2D eigenvalue weighted by Gasteiger charge is 2.35. The van der Waals surface area contributed by atoms with Crippen molar-refractivity contribution in [3.8, 4) is 5.75 Å². The van der Waals surface area contributed by atoms with Crippen molar-refractivity contribution in [1.29, 1.82) is 0 Å². The quantitative estimate of drug-likeness (QED) is 0.665. The number of hydrogen-bond acceptors (Lipinski definition) is 4. The van der Waals surface area contributed by atoms with E-state index in [1.54, 1.807) is 6.07 Å². The van der Waals surface area contributed by atoms with Crippen molar-refractivity contribution < 1.29 is 23.1 Å². The predicted molar refractivity (Wildman–Crippen MR) is 95.7 cm³/mol. The first kappa shape index (κ1) is 22.1. The fourth-order valence-corrected chi connectivity index (χ4v) is 2.88. The molecule has 0 spiro atoms. The van der Waals surface area contributed by atoms with Gasteiger partial charge in [0.05, 0.1) is 5.56 Å². The van der Waals surface area contributed by atoms with E-state index in [1.807, 2.05) is 0 Å². The lowest BCUT2D eigenvalue weighted by Gasteiger charge is -2.25. The van der Waals surface area contributed by atoms with E-state index in [9.17, 15) is 18.4 Å². The number of unbranched alkanes of at least 4 members (excludes halogenated alkanes) is 1. The van der Waals surface area contributed by atoms with E-state index in [1.165, 1.54) is 23.1 Å². The minimum atomic E-state index is -3.02. The van der Waals surface area contributed by atoms with Crippen LogP contribution in [0.5, 0.6) is 5.75 Å². The minimum absolute atomic E-state index is 0. The van der Waals surface area contributed by atoms with Gasteiger partial charge in [-0.05, 0) is 44.4 Å². The first-order chi connectivity index (χ1) is 12.0. The smallest absolute Gasteiger partial charge is 0.387 e. The summed E-state index contributed by atoms with van der Waals surface area (Å²) in [4.78, 5) is 26.5. The summed E-state index contributed by atoms with van der Waals surface area (Å²) in [6, 6.07) is 5.24. The minimum Gasteiger partial charge on any atom is -0.434 e. The monoisotopic (exact) mass is 391 g/mol. The Labute approximate surface area is 157 Å². The normalized spacial score (nSPS) is 16.3. The van der Waals surface area contributed by atoms with Crippen LogP contribution in [0.3, 0.4) is 0 Å². The zero-order valence-electron chi connectivity index (χ0n) is 14.3. The van der Waals surface area contributed by atoms with Gasteiger partial charge in [-0.15, -0.1) is 12.4 Å². The number of nitrogens with one attached hydrogen (secondary N) is 1. The van der Waals surface area contributed by atoms with Crippen LogP contribution < -0.4 is 15.8 Å². The summed E-state index contributed by atoms with van der Waals surface area (Å²) < 4.78 is 29.5. The summed E-state index contributed by atoms with van der Waals surface area (Å²) in [5.74, 6) is -0.887. The van der Waals surface area contributed by atoms with Crippen LogP contribution in [0.1, 0.15) is 36.0 Å². The van der Waals surface area contributed by atoms with Crippen molar-refractivity contribution in [1.82, 2.24) is 10.2 Å². The van der Waals surface area contributed by atoms with E-state index >= 15 is 0 Å². The molecule has 0 bridgehead atoms. The average molecular weight is 392 g/mol. The summed E-state index contributed by atoms with van der Waals surface area (Å²) in [5.41, 5.74) is 5.44. The fraction of sp³-hybridized carbons (Fsp3) is 0.529. The lowest BCUT2D eigenvalue weighted by molar-refractivity contribution is -0.124. The number of rotatable bonds is 8. The molecule has 6 nitrogen and oxygen atoms in total. The zero-order chi connectivity index (χ0) is 18.2. The number of likely N-dealkylation sites (tertiary alicyclic amines) is 1. The van der Waals surface area contributed by atoms with Crippen molar-refractivity contribution in [3.63, 3.8) is 0 Å². The highest BCUT2D eigenvalue weighted by molar-refractivity contribution is 6.00. The van der Waals surface area contributed by atoms with E-state index < -0.39 is 18.6 Å². The van der Waals surface area contributed by atoms with Crippen LogP contribution in [0.15, 0.2) is 24.3 Å². The number of carbonyl (C=O) groups excluding carboxylic acids is 2. The Morgan fingerprint density at radius 3 is 2.73 bits per heavy atom. The molecule has 1 atom stereocenters. The largest absolute Gasteiger partial charge is 0.434 e. The molecule has 1 aliphatic heterocycles. The van der Waals surface area contributed by atoms with Crippen LogP contribution in [0.2, 0.25) is 0 Å². The molecule has 1 aromatic carbocycles. The van der Waals surface area contributed by atoms with Crippen LogP contribution in [0.4, 0.5) is 8.78 Å². The predicted octanol–water partition coefficient (Wildman–Crippen LogP) is 2.17. The van der Waals surface area contributed by atoms with Gasteiger partial charge in [-0.25, -0.2) is 0 Å². The third-order valence-corrected chi connectivity index (χ3v) is 4.08. The number of ether oxygens (including phenoxy) is 1. The molecule has 2 amide bonds. The molecule has 26 heavy (non-hydrogen) atoms. The molecule has 3 N–H and O–H groups in total. The number of nitrogens with zero attached hydrogens (tertiary/aromatic N) is 1. The number of hydrogen-bond donors (Lipinski definition) is 2. The van der Waals surface area contributed by atoms with Crippen LogP contribution in [-0.4, -0.2) is 49.0 Å². The van der Waals surface area contributed by atoms with Gasteiger partial charge in [-0.3, -0.25) is 9.59 Å². The number of halogens is 3. The third-order valence-electron chi connectivity index (χ3n) is 4.08. The zero-order valence-corrected chi connectivity index (χ0v) is 15.1. The van der Waals surface area contributed by atoms with E-state index in [-0.39, 0.29) is 29.6 Å². The van der Waals surface area contributed by atoms with Gasteiger partial charge in [0.1, 0.15) is 11.8 Å². The van der Waals surface area contributed by atoms with Gasteiger partial charge >= 0.3 is 6.61 Å². The summed E-state index contributed by atoms with van der Waals surface area (Å²) in [7, 11) is 0. The van der Waals surface area contributed by atoms with Gasteiger partial charge in [0.2, 0.25) is 5.91 Å². The third kappa shape index (κ3) is 5.81. The van der Waals surface area contributed by atoms with Crippen LogP contribution >= 0.6 is 12.4 Å². The molecule has 0 aliphatic carbocycles. The molecule has 1 aromatic rings. The van der Waals surface area contributed by atoms with Crippen LogP contribution in [0, 0.1) is 0 Å². The number of benzene rings is 1. The number of nitrogens with two attached hydrogens (primary N) is 1. The van der Waals surface area contributed by atoms with Crippen molar-refractivity contribution in [2.75, 3.05) is 19.6 Å². The first-order valence-corrected chi connectivity index (χ1v) is 8.37. The molecule has 146 valence electrons. The van der Waals surface area contributed by atoms with Gasteiger partial charge in [-0.2, -0.15) is 8.78 Å². The maximum absolute atomic E-state index is 12.7. The Morgan fingerprint density at radius 1 is 1.31 bits per heavy atom. The molecule has 1 saturated heterocycles. The van der Waals surface area contributed by atoms with Crippen molar-refractivity contribution in [2.45, 2.75) is 38.3 Å². The van der Waals surface area contributed by atoms with Gasteiger partial charge in [0, 0.05) is 13.1 Å². The molecule has 1 fully saturated rings. The molecule has 2 rings (SSSR count). The highest BCUT2D eigenvalue weighted by atomic mass is 35.5. The number of alkyl halides is 2. The Balaban J connectivity index is 0.00000338. The van der Waals surface area contributed by atoms with Gasteiger partial charge in [0.25, 0.3) is 5.91 Å². The molecule has 1 aliphatic rings. The standard InChI is InChI=1S/C17H23F2N3O3.ClH/c18-17(19)25-14-8-2-1-6-12(14)16(24)22-11-5-7-13(22)15(23)21-10-4-3-9-20;/h1-2,6,8,13,17H,3-5,7,9-11,20H2,(H,21,23);1H. The fourth-order valence-electron chi connectivity index (χ4n) is 2.88. The lowest BCUT2D eigenvalue weighted by atomic mass is 10.1. The van der Waals surface area contributed by atoms with Crippen molar-refractivity contribution in [3.05, 3.63) is 29.8 Å². The van der Waals surface area contributed by atoms with Crippen LogP contribution in [0.25, 0.3) is 0 Å². The van der Waals surface area contributed by atoms with E-state index in [4.69, 9.17) is 5.73 Å². The average Bonchev–Trinajstić information content (AvgIpc) is 3.08. The molecule has 0 radical (unpaired) electrons. The second-order valence-corrected chi connectivity index (χ2v) is 5.82. The van der Waals surface area contributed by atoms with Crippen molar-refractivity contribution >= 4 is 24.2 Å².